The fourth-order valence-electron chi connectivity index (χ4n) is 1.88. The Morgan fingerprint density at radius 3 is 2.32 bits per heavy atom. The lowest BCUT2D eigenvalue weighted by molar-refractivity contribution is -0.114. The molecule has 2 N–H and O–H groups in total. The van der Waals surface area contributed by atoms with Gasteiger partial charge in [0.1, 0.15) is 10.6 Å². The first kappa shape index (κ1) is 15.8. The van der Waals surface area contributed by atoms with E-state index in [0.717, 1.165) is 0 Å². The zero-order valence-electron chi connectivity index (χ0n) is 12.2. The summed E-state index contributed by atoms with van der Waals surface area (Å²) in [5, 5.41) is 2.55. The van der Waals surface area contributed by atoms with Gasteiger partial charge in [-0.3, -0.25) is 9.52 Å². The minimum atomic E-state index is -3.84. The van der Waals surface area contributed by atoms with Crippen LogP contribution in [-0.2, 0) is 14.8 Å². The van der Waals surface area contributed by atoms with E-state index in [0.29, 0.717) is 11.4 Å². The van der Waals surface area contributed by atoms with Gasteiger partial charge in [-0.05, 0) is 30.3 Å². The number of nitrogens with one attached hydrogen (secondary N) is 2. The van der Waals surface area contributed by atoms with Crippen LogP contribution in [0.5, 0.6) is 5.75 Å². The largest absolute Gasteiger partial charge is 0.495 e. The van der Waals surface area contributed by atoms with Crippen LogP contribution in [0.3, 0.4) is 0 Å². The normalized spacial score (nSPS) is 10.8. The van der Waals surface area contributed by atoms with Crippen molar-refractivity contribution in [2.45, 2.75) is 11.8 Å². The van der Waals surface area contributed by atoms with Crippen LogP contribution in [-0.4, -0.2) is 21.4 Å². The number of hydrogen-bond donors (Lipinski definition) is 2. The van der Waals surface area contributed by atoms with Gasteiger partial charge in [-0.25, -0.2) is 8.42 Å². The number of carbonyl (C=O) groups excluding carboxylic acids is 1. The maximum absolute atomic E-state index is 12.5. The molecule has 0 heterocycles. The van der Waals surface area contributed by atoms with E-state index in [-0.39, 0.29) is 16.6 Å². The molecule has 22 heavy (non-hydrogen) atoms. The third-order valence-corrected chi connectivity index (χ3v) is 4.20. The van der Waals surface area contributed by atoms with Crippen molar-refractivity contribution >= 4 is 27.3 Å². The second-order valence-corrected chi connectivity index (χ2v) is 6.17. The monoisotopic (exact) mass is 320 g/mol. The van der Waals surface area contributed by atoms with Crippen molar-refractivity contribution in [2.75, 3.05) is 17.1 Å². The van der Waals surface area contributed by atoms with Crippen LogP contribution in [0.25, 0.3) is 0 Å². The van der Waals surface area contributed by atoms with E-state index in [1.54, 1.807) is 36.4 Å². The number of anilines is 2. The molecule has 0 spiro atoms. The van der Waals surface area contributed by atoms with Gasteiger partial charge in [0.25, 0.3) is 10.0 Å². The number of hydrogen-bond acceptors (Lipinski definition) is 4. The van der Waals surface area contributed by atoms with Crippen molar-refractivity contribution in [3.8, 4) is 5.75 Å². The first-order chi connectivity index (χ1) is 10.4. The van der Waals surface area contributed by atoms with Gasteiger partial charge in [-0.15, -0.1) is 0 Å². The van der Waals surface area contributed by atoms with Gasteiger partial charge in [0, 0.05) is 18.3 Å². The van der Waals surface area contributed by atoms with E-state index in [9.17, 15) is 13.2 Å². The highest BCUT2D eigenvalue weighted by Gasteiger charge is 2.20. The molecule has 2 aromatic rings. The van der Waals surface area contributed by atoms with Gasteiger partial charge >= 0.3 is 0 Å². The van der Waals surface area contributed by atoms with E-state index in [2.05, 4.69) is 10.0 Å². The van der Waals surface area contributed by atoms with Crippen molar-refractivity contribution in [2.24, 2.45) is 0 Å². The number of para-hydroxylation sites is 1. The Balaban J connectivity index is 2.42. The fraction of sp³-hybridized carbons (Fsp3) is 0.133. The molecule has 0 aromatic heterocycles. The quantitative estimate of drug-likeness (QED) is 0.886. The van der Waals surface area contributed by atoms with E-state index in [4.69, 9.17) is 4.74 Å². The van der Waals surface area contributed by atoms with E-state index < -0.39 is 10.0 Å². The lowest BCUT2D eigenvalue weighted by atomic mass is 10.3. The Bertz CT molecular complexity index is 773. The molecule has 0 atom stereocenters. The number of benzene rings is 2. The van der Waals surface area contributed by atoms with Crippen LogP contribution >= 0.6 is 0 Å². The maximum atomic E-state index is 12.5. The van der Waals surface area contributed by atoms with Crippen molar-refractivity contribution in [3.05, 3.63) is 48.5 Å². The molecule has 2 rings (SSSR count). The molecule has 0 aliphatic carbocycles. The Kier molecular flexibility index (Phi) is 4.67. The Morgan fingerprint density at radius 2 is 1.73 bits per heavy atom. The zero-order valence-corrected chi connectivity index (χ0v) is 13.0. The first-order valence-electron chi connectivity index (χ1n) is 6.46. The molecule has 0 saturated carbocycles. The van der Waals surface area contributed by atoms with Crippen LogP contribution in [0, 0.1) is 0 Å². The molecule has 6 nitrogen and oxygen atoms in total. The van der Waals surface area contributed by atoms with Crippen molar-refractivity contribution in [3.63, 3.8) is 0 Å². The topological polar surface area (TPSA) is 84.5 Å². The van der Waals surface area contributed by atoms with Gasteiger partial charge in [0.15, 0.2) is 0 Å². The summed E-state index contributed by atoms with van der Waals surface area (Å²) >= 11 is 0. The maximum Gasteiger partial charge on any atom is 0.265 e. The molecule has 2 aromatic carbocycles. The zero-order chi connectivity index (χ0) is 16.2. The SMILES string of the molecule is COc1ccc(NC(C)=O)cc1S(=O)(=O)Nc1ccccc1. The molecule has 116 valence electrons. The lowest BCUT2D eigenvalue weighted by Gasteiger charge is -2.13. The number of amides is 1. The van der Waals surface area contributed by atoms with Crippen LogP contribution in [0.15, 0.2) is 53.4 Å². The summed E-state index contributed by atoms with van der Waals surface area (Å²) in [6, 6.07) is 12.9. The van der Waals surface area contributed by atoms with Crippen molar-refractivity contribution in [1.82, 2.24) is 0 Å². The van der Waals surface area contributed by atoms with Gasteiger partial charge in [-0.2, -0.15) is 0 Å². The molecule has 0 aliphatic rings. The van der Waals surface area contributed by atoms with E-state index in [1.807, 2.05) is 0 Å². The summed E-state index contributed by atoms with van der Waals surface area (Å²) in [4.78, 5) is 11.1. The van der Waals surface area contributed by atoms with Crippen molar-refractivity contribution < 1.29 is 17.9 Å². The van der Waals surface area contributed by atoms with Gasteiger partial charge in [-0.1, -0.05) is 18.2 Å². The number of rotatable bonds is 5. The smallest absolute Gasteiger partial charge is 0.265 e. The number of sulfonamides is 1. The molecule has 1 amide bonds. The van der Waals surface area contributed by atoms with Crippen LogP contribution < -0.4 is 14.8 Å². The first-order valence-corrected chi connectivity index (χ1v) is 7.94. The highest BCUT2D eigenvalue weighted by atomic mass is 32.2. The summed E-state index contributed by atoms with van der Waals surface area (Å²) in [5.74, 6) is -0.0953. The summed E-state index contributed by atoms with van der Waals surface area (Å²) in [5.41, 5.74) is 0.816. The lowest BCUT2D eigenvalue weighted by Crippen LogP contribution is -2.15. The molecule has 0 aliphatic heterocycles. The van der Waals surface area contributed by atoms with Gasteiger partial charge < -0.3 is 10.1 Å². The average Bonchev–Trinajstić information content (AvgIpc) is 2.47. The highest BCUT2D eigenvalue weighted by Crippen LogP contribution is 2.28. The van der Waals surface area contributed by atoms with Crippen molar-refractivity contribution in [1.29, 1.82) is 0 Å². The third-order valence-electron chi connectivity index (χ3n) is 2.80. The molecule has 0 fully saturated rings. The van der Waals surface area contributed by atoms with E-state index >= 15 is 0 Å². The number of carbonyl (C=O) groups is 1. The predicted molar refractivity (Wildman–Crippen MR) is 84.5 cm³/mol. The van der Waals surface area contributed by atoms with Crippen LogP contribution in [0.1, 0.15) is 6.92 Å². The molecular weight excluding hydrogens is 304 g/mol. The van der Waals surface area contributed by atoms with E-state index in [1.165, 1.54) is 26.2 Å². The summed E-state index contributed by atoms with van der Waals surface area (Å²) in [7, 11) is -2.46. The van der Waals surface area contributed by atoms with Gasteiger partial charge in [0.2, 0.25) is 5.91 Å². The minimum absolute atomic E-state index is 0.0508. The average molecular weight is 320 g/mol. The van der Waals surface area contributed by atoms with Crippen LogP contribution in [0.4, 0.5) is 11.4 Å². The fourth-order valence-corrected chi connectivity index (χ4v) is 3.14. The second kappa shape index (κ2) is 6.48. The predicted octanol–water partition coefficient (Wildman–Crippen LogP) is 2.45. The number of methoxy groups -OCH3 is 1. The second-order valence-electron chi connectivity index (χ2n) is 4.52. The summed E-state index contributed by atoms with van der Waals surface area (Å²) in [6.45, 7) is 1.35. The summed E-state index contributed by atoms with van der Waals surface area (Å²) in [6.07, 6.45) is 0. The Morgan fingerprint density at radius 1 is 1.05 bits per heavy atom. The highest BCUT2D eigenvalue weighted by molar-refractivity contribution is 7.92. The minimum Gasteiger partial charge on any atom is -0.495 e. The Labute approximate surface area is 129 Å². The molecule has 0 radical (unpaired) electrons. The van der Waals surface area contributed by atoms with Gasteiger partial charge in [0.05, 0.1) is 7.11 Å². The number of ether oxygens (including phenoxy) is 1. The molecule has 0 saturated heterocycles. The summed E-state index contributed by atoms with van der Waals surface area (Å²) < 4.78 is 32.6. The molecule has 0 bridgehead atoms. The third kappa shape index (κ3) is 3.76. The molecular formula is C15H16N2O4S. The molecule has 0 unspecified atom stereocenters. The standard InChI is InChI=1S/C15H16N2O4S/c1-11(18)16-13-8-9-14(21-2)15(10-13)22(19,20)17-12-6-4-3-5-7-12/h3-10,17H,1-2H3,(H,16,18). The molecule has 7 heteroatoms. The Hall–Kier alpha value is -2.54. The van der Waals surface area contributed by atoms with Crippen LogP contribution in [0.2, 0.25) is 0 Å².